The van der Waals surface area contributed by atoms with Crippen molar-refractivity contribution in [3.05, 3.63) is 34.4 Å². The summed E-state index contributed by atoms with van der Waals surface area (Å²) in [6, 6.07) is 5.12. The van der Waals surface area contributed by atoms with Crippen molar-refractivity contribution >= 4 is 0 Å². The lowest BCUT2D eigenvalue weighted by Crippen LogP contribution is -2.28. The second kappa shape index (κ2) is 5.52. The van der Waals surface area contributed by atoms with E-state index in [2.05, 4.69) is 45.1 Å². The van der Waals surface area contributed by atoms with Crippen molar-refractivity contribution in [1.82, 2.24) is 5.32 Å². The van der Waals surface area contributed by atoms with E-state index in [1.54, 1.807) is 0 Å². The highest BCUT2D eigenvalue weighted by molar-refractivity contribution is 5.39. The van der Waals surface area contributed by atoms with Gasteiger partial charge in [0.1, 0.15) is 0 Å². The molecule has 0 aliphatic heterocycles. The van der Waals surface area contributed by atoms with Gasteiger partial charge in [0.2, 0.25) is 0 Å². The molecule has 1 heteroatoms. The molecule has 1 aromatic carbocycles. The van der Waals surface area contributed by atoms with Gasteiger partial charge in [-0.05, 0) is 94.4 Å². The van der Waals surface area contributed by atoms with Crippen LogP contribution in [0.4, 0.5) is 0 Å². The third-order valence-electron chi connectivity index (χ3n) is 5.29. The molecule has 0 saturated heterocycles. The van der Waals surface area contributed by atoms with E-state index in [0.717, 1.165) is 17.8 Å². The van der Waals surface area contributed by atoms with E-state index in [1.165, 1.54) is 54.5 Å². The van der Waals surface area contributed by atoms with E-state index in [4.69, 9.17) is 0 Å². The van der Waals surface area contributed by atoms with Crippen LogP contribution in [0.15, 0.2) is 12.1 Å². The maximum absolute atomic E-state index is 3.84. The monoisotopic (exact) mass is 271 g/mol. The predicted molar refractivity (Wildman–Crippen MR) is 86.0 cm³/mol. The molecule has 1 atom stereocenters. The van der Waals surface area contributed by atoms with Gasteiger partial charge in [-0.25, -0.2) is 0 Å². The first-order chi connectivity index (χ1) is 9.56. The summed E-state index contributed by atoms with van der Waals surface area (Å²) >= 11 is 0. The zero-order valence-electron chi connectivity index (χ0n) is 13.5. The number of benzene rings is 1. The molecule has 2 aliphatic rings. The average Bonchev–Trinajstić information content (AvgIpc) is 3.23. The predicted octanol–water partition coefficient (Wildman–Crippen LogP) is 4.70. The maximum atomic E-state index is 3.84. The normalized spacial score (nSPS) is 20.4. The Morgan fingerprint density at radius 3 is 1.95 bits per heavy atom. The van der Waals surface area contributed by atoms with Crippen molar-refractivity contribution < 1.29 is 0 Å². The number of aryl methyl sites for hydroxylation is 3. The number of nitrogens with one attached hydrogen (secondary N) is 1. The molecule has 110 valence electrons. The number of hydrogen-bond donors (Lipinski definition) is 1. The number of hydrogen-bond acceptors (Lipinski definition) is 1. The molecule has 1 N–H and O–H groups in total. The van der Waals surface area contributed by atoms with E-state index in [9.17, 15) is 0 Å². The minimum Gasteiger partial charge on any atom is -0.310 e. The van der Waals surface area contributed by atoms with Gasteiger partial charge in [0.15, 0.2) is 0 Å². The van der Waals surface area contributed by atoms with Crippen molar-refractivity contribution in [1.29, 1.82) is 0 Å². The van der Waals surface area contributed by atoms with Crippen LogP contribution in [0, 0.1) is 38.5 Å². The van der Waals surface area contributed by atoms with Gasteiger partial charge in [-0.3, -0.25) is 0 Å². The van der Waals surface area contributed by atoms with Crippen molar-refractivity contribution in [3.8, 4) is 0 Å². The van der Waals surface area contributed by atoms with Gasteiger partial charge in [-0.1, -0.05) is 17.7 Å². The minimum absolute atomic E-state index is 0.482. The Bertz CT molecular complexity index is 448. The Morgan fingerprint density at radius 2 is 1.50 bits per heavy atom. The summed E-state index contributed by atoms with van der Waals surface area (Å²) in [6.45, 7) is 10.3. The summed E-state index contributed by atoms with van der Waals surface area (Å²) in [5.41, 5.74) is 5.78. The standard InChI is InChI=1S/C19H29N/c1-12-9-13(2)19(14(3)10-12)15(4)20-11-18(16-5-6-16)17-7-8-17/h9-10,15-18,20H,5-8,11H2,1-4H3. The van der Waals surface area contributed by atoms with E-state index >= 15 is 0 Å². The fourth-order valence-corrected chi connectivity index (χ4v) is 4.06. The molecule has 1 aromatic rings. The molecule has 3 rings (SSSR count). The lowest BCUT2D eigenvalue weighted by molar-refractivity contribution is 0.361. The molecule has 20 heavy (non-hydrogen) atoms. The first kappa shape index (κ1) is 14.1. The van der Waals surface area contributed by atoms with Gasteiger partial charge in [-0.15, -0.1) is 0 Å². The molecular formula is C19H29N. The fourth-order valence-electron chi connectivity index (χ4n) is 4.06. The topological polar surface area (TPSA) is 12.0 Å². The smallest absolute Gasteiger partial charge is 0.0297 e. The lowest BCUT2D eigenvalue weighted by atomic mass is 9.93. The quantitative estimate of drug-likeness (QED) is 0.791. The summed E-state index contributed by atoms with van der Waals surface area (Å²) in [5.74, 6) is 3.05. The van der Waals surface area contributed by atoms with Crippen molar-refractivity contribution in [2.75, 3.05) is 6.54 Å². The minimum atomic E-state index is 0.482. The Morgan fingerprint density at radius 1 is 1.00 bits per heavy atom. The molecular weight excluding hydrogens is 242 g/mol. The third-order valence-corrected chi connectivity index (χ3v) is 5.29. The molecule has 2 aliphatic carbocycles. The Labute approximate surface area is 124 Å². The molecule has 2 fully saturated rings. The summed E-state index contributed by atoms with van der Waals surface area (Å²) in [6.07, 6.45) is 5.94. The van der Waals surface area contributed by atoms with Crippen molar-refractivity contribution in [2.24, 2.45) is 17.8 Å². The van der Waals surface area contributed by atoms with Gasteiger partial charge >= 0.3 is 0 Å². The molecule has 1 unspecified atom stereocenters. The second-order valence-electron chi connectivity index (χ2n) is 7.28. The van der Waals surface area contributed by atoms with E-state index < -0.39 is 0 Å². The molecule has 0 aromatic heterocycles. The van der Waals surface area contributed by atoms with Gasteiger partial charge in [0, 0.05) is 6.04 Å². The van der Waals surface area contributed by atoms with Crippen LogP contribution in [0.25, 0.3) is 0 Å². The largest absolute Gasteiger partial charge is 0.310 e. The fraction of sp³-hybridized carbons (Fsp3) is 0.684. The highest BCUT2D eigenvalue weighted by Gasteiger charge is 2.41. The highest BCUT2D eigenvalue weighted by atomic mass is 14.9. The third kappa shape index (κ3) is 3.09. The molecule has 0 heterocycles. The summed E-state index contributed by atoms with van der Waals surface area (Å²) in [4.78, 5) is 0. The van der Waals surface area contributed by atoms with Crippen LogP contribution >= 0.6 is 0 Å². The average molecular weight is 271 g/mol. The van der Waals surface area contributed by atoms with Gasteiger partial charge in [0.25, 0.3) is 0 Å². The Kier molecular flexibility index (Phi) is 3.90. The first-order valence-electron chi connectivity index (χ1n) is 8.37. The Balaban J connectivity index is 1.65. The molecule has 0 spiro atoms. The lowest BCUT2D eigenvalue weighted by Gasteiger charge is -2.23. The molecule has 0 amide bonds. The summed E-state index contributed by atoms with van der Waals surface area (Å²) in [5, 5.41) is 3.84. The zero-order valence-corrected chi connectivity index (χ0v) is 13.5. The van der Waals surface area contributed by atoms with Crippen molar-refractivity contribution in [2.45, 2.75) is 59.4 Å². The van der Waals surface area contributed by atoms with Crippen LogP contribution in [0.5, 0.6) is 0 Å². The molecule has 2 saturated carbocycles. The van der Waals surface area contributed by atoms with E-state index in [1.807, 2.05) is 0 Å². The van der Waals surface area contributed by atoms with E-state index in [-0.39, 0.29) is 0 Å². The van der Waals surface area contributed by atoms with E-state index in [0.29, 0.717) is 6.04 Å². The molecule has 0 bridgehead atoms. The summed E-state index contributed by atoms with van der Waals surface area (Å²) in [7, 11) is 0. The maximum Gasteiger partial charge on any atom is 0.0297 e. The number of rotatable bonds is 6. The SMILES string of the molecule is Cc1cc(C)c(C(C)NCC(C2CC2)C2CC2)c(C)c1. The highest BCUT2D eigenvalue weighted by Crippen LogP contribution is 2.49. The Hall–Kier alpha value is -0.820. The summed E-state index contributed by atoms with van der Waals surface area (Å²) < 4.78 is 0. The van der Waals surface area contributed by atoms with Crippen LogP contribution in [-0.2, 0) is 0 Å². The van der Waals surface area contributed by atoms with Gasteiger partial charge < -0.3 is 5.32 Å². The first-order valence-corrected chi connectivity index (χ1v) is 8.37. The van der Waals surface area contributed by atoms with Crippen LogP contribution in [-0.4, -0.2) is 6.54 Å². The van der Waals surface area contributed by atoms with Crippen LogP contribution in [0.2, 0.25) is 0 Å². The molecule has 0 radical (unpaired) electrons. The van der Waals surface area contributed by atoms with Gasteiger partial charge in [-0.2, -0.15) is 0 Å². The second-order valence-corrected chi connectivity index (χ2v) is 7.28. The van der Waals surface area contributed by atoms with Gasteiger partial charge in [0.05, 0.1) is 0 Å². The molecule has 1 nitrogen and oxygen atoms in total. The van der Waals surface area contributed by atoms with Crippen molar-refractivity contribution in [3.63, 3.8) is 0 Å². The van der Waals surface area contributed by atoms with Crippen LogP contribution < -0.4 is 5.32 Å². The zero-order chi connectivity index (χ0) is 14.3. The van der Waals surface area contributed by atoms with Crippen LogP contribution in [0.3, 0.4) is 0 Å². The van der Waals surface area contributed by atoms with Crippen LogP contribution in [0.1, 0.15) is 60.9 Å².